The van der Waals surface area contributed by atoms with Crippen LogP contribution in [0.2, 0.25) is 0 Å². The van der Waals surface area contributed by atoms with E-state index in [1.165, 1.54) is 17.7 Å². The van der Waals surface area contributed by atoms with Gasteiger partial charge in [0.2, 0.25) is 0 Å². The summed E-state index contributed by atoms with van der Waals surface area (Å²) in [5, 5.41) is 2.16. The maximum absolute atomic E-state index is 6.36. The van der Waals surface area contributed by atoms with Gasteiger partial charge in [-0.05, 0) is 36.4 Å². The number of ether oxygens (including phenoxy) is 2. The van der Waals surface area contributed by atoms with E-state index in [-0.39, 0.29) is 5.60 Å². The molecule has 0 amide bonds. The molecule has 134 valence electrons. The SMILES string of the molecule is c1ccc(COC[C@@H]2CCC[C@]23CN(Cc2cccs2)CCO3)nc1. The van der Waals surface area contributed by atoms with Gasteiger partial charge in [-0.2, -0.15) is 0 Å². The fraction of sp³-hybridized carbons (Fsp3) is 0.550. The van der Waals surface area contributed by atoms with Crippen LogP contribution in [0.4, 0.5) is 0 Å². The molecule has 1 spiro atoms. The molecule has 0 radical (unpaired) electrons. The summed E-state index contributed by atoms with van der Waals surface area (Å²) in [6, 6.07) is 10.3. The second kappa shape index (κ2) is 7.96. The number of hydrogen-bond acceptors (Lipinski definition) is 5. The Bertz CT molecular complexity index is 649. The van der Waals surface area contributed by atoms with E-state index in [2.05, 4.69) is 27.4 Å². The van der Waals surface area contributed by atoms with E-state index in [1.807, 2.05) is 35.7 Å². The molecule has 4 nitrogen and oxygen atoms in total. The van der Waals surface area contributed by atoms with Crippen molar-refractivity contribution in [1.29, 1.82) is 0 Å². The lowest BCUT2D eigenvalue weighted by molar-refractivity contribution is -0.144. The summed E-state index contributed by atoms with van der Waals surface area (Å²) in [5.41, 5.74) is 0.984. The standard InChI is InChI=1S/C20H26N2O2S/c1-2-9-21-18(6-1)15-23-14-17-5-3-8-20(17)16-22(10-11-24-20)13-19-7-4-12-25-19/h1-2,4,6-7,9,12,17H,3,5,8,10-11,13-16H2/t17-,20-/m0/s1. The number of nitrogens with zero attached hydrogens (tertiary/aromatic N) is 2. The van der Waals surface area contributed by atoms with E-state index >= 15 is 0 Å². The molecule has 1 saturated carbocycles. The van der Waals surface area contributed by atoms with Crippen LogP contribution in [0.3, 0.4) is 0 Å². The fourth-order valence-electron chi connectivity index (χ4n) is 4.18. The number of morpholine rings is 1. The molecule has 0 aromatic carbocycles. The summed E-state index contributed by atoms with van der Waals surface area (Å²) >= 11 is 1.85. The average Bonchev–Trinajstić information content (AvgIpc) is 3.27. The van der Waals surface area contributed by atoms with Gasteiger partial charge in [0.1, 0.15) is 0 Å². The minimum atomic E-state index is -0.0143. The predicted octanol–water partition coefficient (Wildman–Crippen LogP) is 3.73. The quantitative estimate of drug-likeness (QED) is 0.788. The summed E-state index contributed by atoms with van der Waals surface area (Å²) in [5.74, 6) is 0.488. The van der Waals surface area contributed by atoms with Crippen molar-refractivity contribution in [2.24, 2.45) is 5.92 Å². The molecule has 2 atom stereocenters. The first-order chi connectivity index (χ1) is 12.3. The molecular formula is C20H26N2O2S. The molecule has 2 aromatic rings. The first-order valence-electron chi connectivity index (χ1n) is 9.20. The molecule has 0 unspecified atom stereocenters. The lowest BCUT2D eigenvalue weighted by Gasteiger charge is -2.44. The molecule has 1 aliphatic heterocycles. The summed E-state index contributed by atoms with van der Waals surface area (Å²) < 4.78 is 12.4. The van der Waals surface area contributed by atoms with E-state index < -0.39 is 0 Å². The van der Waals surface area contributed by atoms with Crippen molar-refractivity contribution < 1.29 is 9.47 Å². The molecular weight excluding hydrogens is 332 g/mol. The van der Waals surface area contributed by atoms with Gasteiger partial charge in [-0.3, -0.25) is 9.88 Å². The van der Waals surface area contributed by atoms with Crippen LogP contribution >= 0.6 is 11.3 Å². The third-order valence-electron chi connectivity index (χ3n) is 5.44. The maximum Gasteiger partial charge on any atom is 0.0887 e. The van der Waals surface area contributed by atoms with Crippen LogP contribution in [0, 0.1) is 5.92 Å². The normalized spacial score (nSPS) is 27.1. The molecule has 0 N–H and O–H groups in total. The fourth-order valence-corrected chi connectivity index (χ4v) is 4.92. The lowest BCUT2D eigenvalue weighted by atomic mass is 9.89. The van der Waals surface area contributed by atoms with Gasteiger partial charge in [0.25, 0.3) is 0 Å². The number of aromatic nitrogens is 1. The first kappa shape index (κ1) is 17.2. The Morgan fingerprint density at radius 1 is 1.32 bits per heavy atom. The van der Waals surface area contributed by atoms with Crippen LogP contribution in [0.1, 0.15) is 29.8 Å². The smallest absolute Gasteiger partial charge is 0.0887 e. The van der Waals surface area contributed by atoms with Gasteiger partial charge < -0.3 is 9.47 Å². The highest BCUT2D eigenvalue weighted by Gasteiger charge is 2.46. The zero-order valence-electron chi connectivity index (χ0n) is 14.6. The Labute approximate surface area is 153 Å². The summed E-state index contributed by atoms with van der Waals surface area (Å²) in [7, 11) is 0. The van der Waals surface area contributed by atoms with E-state index in [0.29, 0.717) is 12.5 Å². The van der Waals surface area contributed by atoms with Crippen LogP contribution in [0.25, 0.3) is 0 Å². The zero-order chi connectivity index (χ0) is 17.0. The van der Waals surface area contributed by atoms with Gasteiger partial charge in [0.05, 0.1) is 31.1 Å². The van der Waals surface area contributed by atoms with Crippen LogP contribution in [0.5, 0.6) is 0 Å². The number of pyridine rings is 1. The maximum atomic E-state index is 6.36. The Kier molecular flexibility index (Phi) is 5.46. The molecule has 0 bridgehead atoms. The molecule has 2 aromatic heterocycles. The van der Waals surface area contributed by atoms with Crippen molar-refractivity contribution in [2.45, 2.75) is 38.0 Å². The molecule has 1 aliphatic carbocycles. The number of thiophene rings is 1. The van der Waals surface area contributed by atoms with Gasteiger partial charge in [-0.25, -0.2) is 0 Å². The molecule has 25 heavy (non-hydrogen) atoms. The van der Waals surface area contributed by atoms with Crippen LogP contribution in [-0.4, -0.2) is 41.8 Å². The van der Waals surface area contributed by atoms with Gasteiger partial charge in [-0.15, -0.1) is 11.3 Å². The monoisotopic (exact) mass is 358 g/mol. The Morgan fingerprint density at radius 3 is 3.16 bits per heavy atom. The first-order valence-corrected chi connectivity index (χ1v) is 10.1. The van der Waals surface area contributed by atoms with Crippen molar-refractivity contribution in [3.05, 3.63) is 52.5 Å². The Morgan fingerprint density at radius 2 is 2.32 bits per heavy atom. The Balaban J connectivity index is 1.34. The number of rotatable bonds is 6. The topological polar surface area (TPSA) is 34.6 Å². The minimum Gasteiger partial charge on any atom is -0.375 e. The van der Waals surface area contributed by atoms with Gasteiger partial charge >= 0.3 is 0 Å². The molecule has 2 aliphatic rings. The van der Waals surface area contributed by atoms with E-state index in [4.69, 9.17) is 9.47 Å². The minimum absolute atomic E-state index is 0.0143. The lowest BCUT2D eigenvalue weighted by Crippen LogP contribution is -2.54. The van der Waals surface area contributed by atoms with E-state index in [1.54, 1.807) is 0 Å². The van der Waals surface area contributed by atoms with Gasteiger partial charge in [-0.1, -0.05) is 18.6 Å². The van der Waals surface area contributed by atoms with Gasteiger partial charge in [0, 0.05) is 36.6 Å². The van der Waals surface area contributed by atoms with E-state index in [0.717, 1.165) is 45.0 Å². The summed E-state index contributed by atoms with van der Waals surface area (Å²) in [4.78, 5) is 8.34. The highest BCUT2D eigenvalue weighted by Crippen LogP contribution is 2.41. The third-order valence-corrected chi connectivity index (χ3v) is 6.30. The third kappa shape index (κ3) is 4.11. The zero-order valence-corrected chi connectivity index (χ0v) is 15.4. The second-order valence-corrected chi connectivity index (χ2v) is 8.16. The van der Waals surface area contributed by atoms with Crippen LogP contribution in [0.15, 0.2) is 41.9 Å². The Hall–Kier alpha value is -1.27. The van der Waals surface area contributed by atoms with Crippen molar-refractivity contribution in [1.82, 2.24) is 9.88 Å². The molecule has 2 fully saturated rings. The van der Waals surface area contributed by atoms with Crippen LogP contribution in [-0.2, 0) is 22.6 Å². The highest BCUT2D eigenvalue weighted by molar-refractivity contribution is 7.09. The molecule has 1 saturated heterocycles. The van der Waals surface area contributed by atoms with Gasteiger partial charge in [0.15, 0.2) is 0 Å². The molecule has 3 heterocycles. The average molecular weight is 359 g/mol. The molecule has 5 heteroatoms. The van der Waals surface area contributed by atoms with Crippen molar-refractivity contribution in [3.8, 4) is 0 Å². The highest BCUT2D eigenvalue weighted by atomic mass is 32.1. The van der Waals surface area contributed by atoms with Crippen LogP contribution < -0.4 is 0 Å². The number of hydrogen-bond donors (Lipinski definition) is 0. The van der Waals surface area contributed by atoms with Crippen molar-refractivity contribution in [3.63, 3.8) is 0 Å². The van der Waals surface area contributed by atoms with Crippen molar-refractivity contribution in [2.75, 3.05) is 26.3 Å². The largest absolute Gasteiger partial charge is 0.375 e. The predicted molar refractivity (Wildman–Crippen MR) is 99.5 cm³/mol. The van der Waals surface area contributed by atoms with Crippen molar-refractivity contribution >= 4 is 11.3 Å². The molecule has 4 rings (SSSR count). The second-order valence-electron chi connectivity index (χ2n) is 7.13. The summed E-state index contributed by atoms with van der Waals surface area (Å²) in [6.07, 6.45) is 5.42. The van der Waals surface area contributed by atoms with E-state index in [9.17, 15) is 0 Å². The summed E-state index contributed by atoms with van der Waals surface area (Å²) in [6.45, 7) is 5.30.